The van der Waals surface area contributed by atoms with E-state index in [4.69, 9.17) is 4.42 Å². The molecule has 0 saturated carbocycles. The highest BCUT2D eigenvalue weighted by Gasteiger charge is 2.42. The van der Waals surface area contributed by atoms with Gasteiger partial charge >= 0.3 is 0 Å². The maximum absolute atomic E-state index is 11.7. The number of furan rings is 1. The lowest BCUT2D eigenvalue weighted by Gasteiger charge is -2.38. The lowest BCUT2D eigenvalue weighted by atomic mass is 9.80. The van der Waals surface area contributed by atoms with Gasteiger partial charge in [0.15, 0.2) is 0 Å². The van der Waals surface area contributed by atoms with Gasteiger partial charge in [-0.25, -0.2) is 0 Å². The lowest BCUT2D eigenvalue weighted by Crippen LogP contribution is -2.49. The molecular weight excluding hydrogens is 286 g/mol. The topological polar surface area (TPSA) is 97.4 Å². The Morgan fingerprint density at radius 2 is 2.27 bits per heavy atom. The third kappa shape index (κ3) is 2.20. The molecule has 22 heavy (non-hydrogen) atoms. The van der Waals surface area contributed by atoms with E-state index in [0.717, 1.165) is 5.69 Å². The zero-order valence-corrected chi connectivity index (χ0v) is 12.0. The number of carbonyl (C=O) groups is 1. The molecule has 0 aliphatic carbocycles. The Labute approximate surface area is 126 Å². The van der Waals surface area contributed by atoms with Crippen LogP contribution in [0.5, 0.6) is 0 Å². The summed E-state index contributed by atoms with van der Waals surface area (Å²) in [5.74, 6) is 0.335. The van der Waals surface area contributed by atoms with E-state index in [0.29, 0.717) is 24.3 Å². The van der Waals surface area contributed by atoms with Gasteiger partial charge in [-0.3, -0.25) is 14.9 Å². The van der Waals surface area contributed by atoms with Crippen LogP contribution in [-0.4, -0.2) is 17.4 Å². The average molecular weight is 301 g/mol. The smallest absolute Gasteiger partial charge is 0.269 e. The van der Waals surface area contributed by atoms with Crippen molar-refractivity contribution in [1.82, 2.24) is 5.32 Å². The highest BCUT2D eigenvalue weighted by Crippen LogP contribution is 2.42. The molecule has 3 rings (SSSR count). The van der Waals surface area contributed by atoms with Crippen LogP contribution < -0.4 is 10.6 Å². The molecule has 0 fully saturated rings. The van der Waals surface area contributed by atoms with Crippen molar-refractivity contribution in [2.45, 2.75) is 18.9 Å². The fourth-order valence-corrected chi connectivity index (χ4v) is 2.94. The molecule has 1 amide bonds. The molecule has 1 aliphatic rings. The minimum Gasteiger partial charge on any atom is -0.466 e. The average Bonchev–Trinajstić information content (AvgIpc) is 3.01. The number of nitro groups is 1. The lowest BCUT2D eigenvalue weighted by molar-refractivity contribution is -0.385. The number of amides is 1. The van der Waals surface area contributed by atoms with Crippen LogP contribution in [0.3, 0.4) is 0 Å². The molecule has 1 aromatic heterocycles. The molecule has 0 spiro atoms. The van der Waals surface area contributed by atoms with Crippen molar-refractivity contribution in [3.63, 3.8) is 0 Å². The Hall–Kier alpha value is -2.83. The van der Waals surface area contributed by atoms with Gasteiger partial charge in [-0.15, -0.1) is 0 Å². The van der Waals surface area contributed by atoms with Gasteiger partial charge < -0.3 is 15.1 Å². The molecule has 1 atom stereocenters. The van der Waals surface area contributed by atoms with Crippen LogP contribution in [-0.2, 0) is 10.3 Å². The molecule has 2 heterocycles. The van der Waals surface area contributed by atoms with E-state index in [2.05, 4.69) is 10.6 Å². The number of benzene rings is 1. The molecule has 1 aliphatic heterocycles. The van der Waals surface area contributed by atoms with Gasteiger partial charge in [-0.05, 0) is 24.6 Å². The van der Waals surface area contributed by atoms with Crippen LogP contribution in [0, 0.1) is 10.1 Å². The summed E-state index contributed by atoms with van der Waals surface area (Å²) in [6.45, 7) is 2.04. The predicted molar refractivity (Wildman–Crippen MR) is 79.5 cm³/mol. The highest BCUT2D eigenvalue weighted by molar-refractivity contribution is 5.76. The largest absolute Gasteiger partial charge is 0.466 e. The van der Waals surface area contributed by atoms with Crippen molar-refractivity contribution >= 4 is 17.3 Å². The molecule has 0 bridgehead atoms. The standard InChI is InChI=1S/C15H15N3O4/c1-10(19)17-15(14-3-2-8-22-14)6-7-16-13-5-4-11(18(20)21)9-12(13)15/h2-5,8-9,16H,6-7H2,1H3,(H,17,19). The molecule has 2 aromatic rings. The summed E-state index contributed by atoms with van der Waals surface area (Å²) in [6, 6.07) is 8.09. The molecule has 1 aromatic carbocycles. The van der Waals surface area contributed by atoms with Crippen molar-refractivity contribution < 1.29 is 14.1 Å². The third-order valence-corrected chi connectivity index (χ3v) is 3.82. The number of nitrogens with zero attached hydrogens (tertiary/aromatic N) is 1. The van der Waals surface area contributed by atoms with Gasteiger partial charge in [0.25, 0.3) is 5.69 Å². The fraction of sp³-hybridized carbons (Fsp3) is 0.267. The van der Waals surface area contributed by atoms with E-state index in [-0.39, 0.29) is 11.6 Å². The summed E-state index contributed by atoms with van der Waals surface area (Å²) in [4.78, 5) is 22.4. The van der Waals surface area contributed by atoms with Gasteiger partial charge in [0.1, 0.15) is 11.3 Å². The number of hydrogen-bond donors (Lipinski definition) is 2. The molecule has 114 valence electrons. The number of non-ortho nitro benzene ring substituents is 1. The van der Waals surface area contributed by atoms with Gasteiger partial charge in [-0.2, -0.15) is 0 Å². The second-order valence-electron chi connectivity index (χ2n) is 5.23. The molecule has 0 radical (unpaired) electrons. The number of nitrogens with one attached hydrogen (secondary N) is 2. The fourth-order valence-electron chi connectivity index (χ4n) is 2.94. The van der Waals surface area contributed by atoms with Crippen LogP contribution in [0.1, 0.15) is 24.7 Å². The first-order valence-corrected chi connectivity index (χ1v) is 6.88. The van der Waals surface area contributed by atoms with Gasteiger partial charge in [0, 0.05) is 36.9 Å². The highest BCUT2D eigenvalue weighted by atomic mass is 16.6. The van der Waals surface area contributed by atoms with E-state index in [1.165, 1.54) is 25.3 Å². The summed E-state index contributed by atoms with van der Waals surface area (Å²) in [5.41, 5.74) is 0.464. The first kappa shape index (κ1) is 14.1. The first-order valence-electron chi connectivity index (χ1n) is 6.88. The van der Waals surface area contributed by atoms with Crippen molar-refractivity contribution in [2.24, 2.45) is 0 Å². The molecule has 0 saturated heterocycles. The summed E-state index contributed by atoms with van der Waals surface area (Å²) in [5, 5.41) is 17.2. The van der Waals surface area contributed by atoms with Crippen LogP contribution in [0.4, 0.5) is 11.4 Å². The van der Waals surface area contributed by atoms with Crippen LogP contribution in [0.2, 0.25) is 0 Å². The number of fused-ring (bicyclic) bond motifs is 1. The number of hydrogen-bond acceptors (Lipinski definition) is 5. The molecule has 7 heteroatoms. The summed E-state index contributed by atoms with van der Waals surface area (Å²) in [6.07, 6.45) is 2.06. The van der Waals surface area contributed by atoms with Crippen LogP contribution in [0.15, 0.2) is 41.0 Å². The second-order valence-corrected chi connectivity index (χ2v) is 5.23. The first-order chi connectivity index (χ1) is 10.5. The van der Waals surface area contributed by atoms with E-state index >= 15 is 0 Å². The number of rotatable bonds is 3. The quantitative estimate of drug-likeness (QED) is 0.670. The Bertz CT molecular complexity index is 726. The SMILES string of the molecule is CC(=O)NC1(c2ccco2)CCNc2ccc([N+](=O)[O-])cc21. The Balaban J connectivity index is 2.22. The van der Waals surface area contributed by atoms with Crippen molar-refractivity contribution in [2.75, 3.05) is 11.9 Å². The second kappa shape index (κ2) is 5.18. The predicted octanol–water partition coefficient (Wildman–Crippen LogP) is 2.38. The zero-order chi connectivity index (χ0) is 15.7. The summed E-state index contributed by atoms with van der Waals surface area (Å²) in [7, 11) is 0. The maximum Gasteiger partial charge on any atom is 0.269 e. The number of nitro benzene ring substituents is 1. The molecule has 2 N–H and O–H groups in total. The van der Waals surface area contributed by atoms with Gasteiger partial charge in [0.05, 0.1) is 11.2 Å². The van der Waals surface area contributed by atoms with Crippen LogP contribution in [0.25, 0.3) is 0 Å². The zero-order valence-electron chi connectivity index (χ0n) is 12.0. The van der Waals surface area contributed by atoms with E-state index in [1.54, 1.807) is 18.2 Å². The molecule has 7 nitrogen and oxygen atoms in total. The van der Waals surface area contributed by atoms with Crippen molar-refractivity contribution in [1.29, 1.82) is 0 Å². The number of anilines is 1. The van der Waals surface area contributed by atoms with E-state index in [9.17, 15) is 14.9 Å². The van der Waals surface area contributed by atoms with Gasteiger partial charge in [-0.1, -0.05) is 0 Å². The third-order valence-electron chi connectivity index (χ3n) is 3.82. The Kier molecular flexibility index (Phi) is 3.32. The molecule has 1 unspecified atom stereocenters. The minimum absolute atomic E-state index is 0.0243. The number of carbonyl (C=O) groups excluding carboxylic acids is 1. The Morgan fingerprint density at radius 1 is 1.45 bits per heavy atom. The van der Waals surface area contributed by atoms with E-state index < -0.39 is 10.5 Å². The van der Waals surface area contributed by atoms with E-state index in [1.807, 2.05) is 0 Å². The minimum atomic E-state index is -0.901. The maximum atomic E-state index is 11.7. The summed E-state index contributed by atoms with van der Waals surface area (Å²) < 4.78 is 5.52. The van der Waals surface area contributed by atoms with Gasteiger partial charge in [0.2, 0.25) is 5.91 Å². The Morgan fingerprint density at radius 3 is 2.91 bits per heavy atom. The van der Waals surface area contributed by atoms with Crippen LogP contribution >= 0.6 is 0 Å². The molecular formula is C15H15N3O4. The summed E-state index contributed by atoms with van der Waals surface area (Å²) >= 11 is 0. The van der Waals surface area contributed by atoms with Crippen molar-refractivity contribution in [3.05, 3.63) is 58.0 Å². The monoisotopic (exact) mass is 301 g/mol. The van der Waals surface area contributed by atoms with Crippen molar-refractivity contribution in [3.8, 4) is 0 Å². The normalized spacial score (nSPS) is 19.9.